The summed E-state index contributed by atoms with van der Waals surface area (Å²) in [6, 6.07) is 14.3. The van der Waals surface area contributed by atoms with Gasteiger partial charge in [-0.2, -0.15) is 5.26 Å². The highest BCUT2D eigenvalue weighted by molar-refractivity contribution is 7.98. The van der Waals surface area contributed by atoms with Gasteiger partial charge in [-0.1, -0.05) is 6.92 Å². The van der Waals surface area contributed by atoms with Crippen molar-refractivity contribution in [1.82, 2.24) is 24.1 Å². The molecular formula is C43H47F2N9O5S. The van der Waals surface area contributed by atoms with Gasteiger partial charge >= 0.3 is 0 Å². The van der Waals surface area contributed by atoms with E-state index in [0.717, 1.165) is 58.4 Å². The first-order valence-corrected chi connectivity index (χ1v) is 21.3. The monoisotopic (exact) mass is 839 g/mol. The molecule has 0 bridgehead atoms. The smallest absolute Gasteiger partial charge is 0.261 e. The van der Waals surface area contributed by atoms with Gasteiger partial charge in [0, 0.05) is 68.4 Å². The Morgan fingerprint density at radius 1 is 1.05 bits per heavy atom. The zero-order valence-electron chi connectivity index (χ0n) is 33.5. The minimum absolute atomic E-state index is 0.0145. The van der Waals surface area contributed by atoms with Crippen LogP contribution < -0.4 is 30.6 Å². The molecule has 4 saturated heterocycles. The van der Waals surface area contributed by atoms with Crippen molar-refractivity contribution >= 4 is 51.9 Å². The Morgan fingerprint density at radius 2 is 1.85 bits per heavy atom. The minimum Gasteiger partial charge on any atom is -0.453 e. The number of benzene rings is 3. The van der Waals surface area contributed by atoms with Crippen molar-refractivity contribution in [2.24, 2.45) is 5.41 Å². The Bertz CT molecular complexity index is 2440. The van der Waals surface area contributed by atoms with Gasteiger partial charge in [-0.15, -0.1) is 0 Å². The number of anilines is 3. The summed E-state index contributed by atoms with van der Waals surface area (Å²) in [5, 5.41) is 15.6. The maximum atomic E-state index is 15.2. The number of imide groups is 1. The number of carbonyl (C=O) groups excluding carboxylic acids is 2. The summed E-state index contributed by atoms with van der Waals surface area (Å²) in [5.41, 5.74) is 1.62. The van der Waals surface area contributed by atoms with Crippen LogP contribution in [0.25, 0.3) is 10.9 Å². The molecule has 1 aromatic heterocycles. The fraction of sp³-hybridized carbons (Fsp3) is 0.465. The molecule has 14 nitrogen and oxygen atoms in total. The standard InChI is InChI=1S/C43H47F2N9O5S/c1-3-51(2)60-50-35-8-6-32(44)39(31(35)21-46)59-29-5-7-34-30(17-29)41(57)54(25-47-34)28-20-43(58-22-28)12-14-52(15-13-43)27-18-42(19-27)23-53(24-42)37-10-4-26(16-33(37)45)48-36-9-11-38(55)49-40(36)56/h4-8,10,16-17,25,27-28,36,48,50H,3,9,11-15,18-20,22-24H2,1-2H3,(H,49,55,56). The molecule has 314 valence electrons. The Balaban J connectivity index is 0.784. The number of rotatable bonds is 11. The summed E-state index contributed by atoms with van der Waals surface area (Å²) in [7, 11) is 1.89. The van der Waals surface area contributed by atoms with E-state index in [1.165, 1.54) is 30.3 Å². The molecule has 5 aliphatic rings. The van der Waals surface area contributed by atoms with Crippen molar-refractivity contribution in [3.05, 3.63) is 82.4 Å². The average Bonchev–Trinajstić information content (AvgIpc) is 3.62. The fourth-order valence-corrected chi connectivity index (χ4v) is 10.1. The fourth-order valence-electron chi connectivity index (χ4n) is 9.52. The van der Waals surface area contributed by atoms with E-state index in [0.29, 0.717) is 53.5 Å². The number of likely N-dealkylation sites (tertiary alicyclic amines) is 1. The van der Waals surface area contributed by atoms with Crippen LogP contribution in [0.2, 0.25) is 0 Å². The van der Waals surface area contributed by atoms with Crippen LogP contribution in [-0.4, -0.2) is 94.6 Å². The number of ether oxygens (including phenoxy) is 2. The van der Waals surface area contributed by atoms with E-state index in [1.807, 2.05) is 18.3 Å². The molecule has 60 heavy (non-hydrogen) atoms. The van der Waals surface area contributed by atoms with Crippen molar-refractivity contribution in [3.63, 3.8) is 0 Å². The normalized spacial score (nSPS) is 22.4. The van der Waals surface area contributed by atoms with Crippen molar-refractivity contribution in [3.8, 4) is 17.6 Å². The Morgan fingerprint density at radius 3 is 2.58 bits per heavy atom. The number of piperidine rings is 2. The predicted octanol–water partition coefficient (Wildman–Crippen LogP) is 5.95. The van der Waals surface area contributed by atoms with Crippen molar-refractivity contribution in [2.45, 2.75) is 75.6 Å². The summed E-state index contributed by atoms with van der Waals surface area (Å²) in [4.78, 5) is 46.7. The van der Waals surface area contributed by atoms with Crippen LogP contribution in [0.15, 0.2) is 59.7 Å². The molecule has 2 amide bonds. The van der Waals surface area contributed by atoms with Gasteiger partial charge in [-0.05, 0) is 94.1 Å². The van der Waals surface area contributed by atoms with E-state index in [9.17, 15) is 19.6 Å². The molecule has 2 spiro atoms. The molecule has 9 rings (SSSR count). The lowest BCUT2D eigenvalue weighted by Gasteiger charge is -2.62. The van der Waals surface area contributed by atoms with Gasteiger partial charge in [0.2, 0.25) is 11.8 Å². The molecule has 1 aliphatic carbocycles. The maximum Gasteiger partial charge on any atom is 0.261 e. The highest BCUT2D eigenvalue weighted by atomic mass is 32.2. The Labute approximate surface area is 350 Å². The summed E-state index contributed by atoms with van der Waals surface area (Å²) in [5.74, 6) is -1.71. The second-order valence-corrected chi connectivity index (χ2v) is 17.9. The topological polar surface area (TPSA) is 157 Å². The van der Waals surface area contributed by atoms with Crippen molar-refractivity contribution in [2.75, 3.05) is 61.3 Å². The number of amides is 2. The lowest BCUT2D eigenvalue weighted by atomic mass is 9.60. The van der Waals surface area contributed by atoms with Crippen LogP contribution in [0.5, 0.6) is 11.5 Å². The first-order chi connectivity index (χ1) is 28.9. The largest absolute Gasteiger partial charge is 0.453 e. The number of nitrogens with one attached hydrogen (secondary N) is 3. The zero-order valence-corrected chi connectivity index (χ0v) is 34.3. The van der Waals surface area contributed by atoms with Crippen LogP contribution in [0.1, 0.15) is 63.5 Å². The van der Waals surface area contributed by atoms with Gasteiger partial charge in [-0.3, -0.25) is 24.3 Å². The third-order valence-corrected chi connectivity index (χ3v) is 13.9. The van der Waals surface area contributed by atoms with Crippen LogP contribution in [0.3, 0.4) is 0 Å². The molecule has 0 radical (unpaired) electrons. The number of aromatic nitrogens is 2. The number of fused-ring (bicyclic) bond motifs is 1. The molecule has 5 heterocycles. The van der Waals surface area contributed by atoms with Gasteiger partial charge in [0.15, 0.2) is 11.6 Å². The number of halogens is 2. The zero-order chi connectivity index (χ0) is 41.8. The van der Waals surface area contributed by atoms with Gasteiger partial charge in [0.25, 0.3) is 5.56 Å². The first kappa shape index (κ1) is 40.1. The highest BCUT2D eigenvalue weighted by Gasteiger charge is 2.55. The molecule has 3 N–H and O–H groups in total. The summed E-state index contributed by atoms with van der Waals surface area (Å²) >= 11 is 1.28. The van der Waals surface area contributed by atoms with Crippen molar-refractivity contribution in [1.29, 1.82) is 5.26 Å². The van der Waals surface area contributed by atoms with Gasteiger partial charge in [-0.25, -0.2) is 18.1 Å². The average molecular weight is 840 g/mol. The van der Waals surface area contributed by atoms with Gasteiger partial charge in [0.05, 0.1) is 46.9 Å². The van der Waals surface area contributed by atoms with Gasteiger partial charge < -0.3 is 29.3 Å². The molecule has 4 aliphatic heterocycles. The van der Waals surface area contributed by atoms with E-state index in [2.05, 4.69) is 36.2 Å². The quantitative estimate of drug-likeness (QED) is 0.121. The number of carbonyl (C=O) groups is 2. The van der Waals surface area contributed by atoms with E-state index in [4.69, 9.17) is 9.47 Å². The first-order valence-electron chi connectivity index (χ1n) is 20.5. The van der Waals surface area contributed by atoms with E-state index in [1.54, 1.807) is 41.2 Å². The molecule has 2 atom stereocenters. The highest BCUT2D eigenvalue weighted by Crippen LogP contribution is 2.53. The molecule has 4 aromatic rings. The van der Waals surface area contributed by atoms with E-state index in [-0.39, 0.29) is 63.7 Å². The van der Waals surface area contributed by atoms with Crippen LogP contribution >= 0.6 is 12.1 Å². The van der Waals surface area contributed by atoms with Crippen molar-refractivity contribution < 1.29 is 27.8 Å². The molecular weight excluding hydrogens is 793 g/mol. The predicted molar refractivity (Wildman–Crippen MR) is 224 cm³/mol. The van der Waals surface area contributed by atoms with Crippen LogP contribution in [0.4, 0.5) is 25.8 Å². The second kappa shape index (κ2) is 16.0. The second-order valence-electron chi connectivity index (χ2n) is 16.9. The molecule has 3 aromatic carbocycles. The third kappa shape index (κ3) is 7.66. The van der Waals surface area contributed by atoms with E-state index < -0.39 is 11.9 Å². The summed E-state index contributed by atoms with van der Waals surface area (Å²) < 4.78 is 49.4. The Kier molecular flexibility index (Phi) is 10.7. The minimum atomic E-state index is -0.695. The summed E-state index contributed by atoms with van der Waals surface area (Å²) in [6.07, 6.45) is 6.79. The van der Waals surface area contributed by atoms with Crippen LogP contribution in [0, 0.1) is 28.4 Å². The SMILES string of the molecule is CCN(C)SNc1ccc(F)c(Oc2ccc3ncn(C4COC5(CCN(C6CC7(C6)CN(c6ccc(NC8CCC(=O)NC8=O)cc6F)C7)CC5)C4)c(=O)c3c2)c1C#N. The molecule has 1 saturated carbocycles. The number of nitrogens with zero attached hydrogens (tertiary/aromatic N) is 6. The number of hydrogen-bond acceptors (Lipinski definition) is 13. The third-order valence-electron chi connectivity index (χ3n) is 13.0. The number of nitriles is 1. The maximum absolute atomic E-state index is 15.2. The van der Waals surface area contributed by atoms with Crippen LogP contribution in [-0.2, 0) is 14.3 Å². The molecule has 2 unspecified atom stereocenters. The lowest BCUT2D eigenvalue weighted by Crippen LogP contribution is -2.67. The van der Waals surface area contributed by atoms with Gasteiger partial charge in [0.1, 0.15) is 29.2 Å². The van der Waals surface area contributed by atoms with E-state index >= 15 is 8.78 Å². The summed E-state index contributed by atoms with van der Waals surface area (Å²) in [6.45, 7) is 6.58. The lowest BCUT2D eigenvalue weighted by molar-refractivity contribution is -0.133. The molecule has 17 heteroatoms. The Hall–Kier alpha value is -5.28. The molecule has 5 fully saturated rings. The number of hydrogen-bond donors (Lipinski definition) is 3.